The predicted octanol–water partition coefficient (Wildman–Crippen LogP) is 0.202. The standard InChI is InChI=1S/C28H35NO10/c1-10(2)17-21(34)16(24(29)37)22(35)28(39)23(36)18-20(33)15-13(8-6-12(19(15)32)7-9-14(30)31)11(3)26(18,4)25(38)27(17,28)5/h6-11,16-18,21,23,25,32,34,36,38-39H,1-5H3,(H2,29,37)(H,30,31)/b9-7+/t11-,16-,17+,18-,21?,23?,25-,26+,27+,28+/m1/s1. The molecule has 8 N–H and O–H groups in total. The van der Waals surface area contributed by atoms with Gasteiger partial charge in [-0.25, -0.2) is 4.79 Å². The third kappa shape index (κ3) is 3.36. The van der Waals surface area contributed by atoms with Gasteiger partial charge in [-0.2, -0.15) is 0 Å². The normalized spacial score (nSPS) is 41.7. The highest BCUT2D eigenvalue weighted by molar-refractivity contribution is 6.09. The Labute approximate surface area is 225 Å². The lowest BCUT2D eigenvalue weighted by atomic mass is 9.36. The zero-order chi connectivity index (χ0) is 29.6. The number of Topliss-reactive ketones (excluding diaryl/α,β-unsaturated/α-hetero) is 2. The zero-order valence-corrected chi connectivity index (χ0v) is 22.3. The number of primary amides is 1. The lowest BCUT2D eigenvalue weighted by Crippen LogP contribution is -2.83. The maximum Gasteiger partial charge on any atom is 0.328 e. The number of phenolic OH excluding ortho intramolecular Hbond substituents is 1. The number of aromatic hydroxyl groups is 1. The summed E-state index contributed by atoms with van der Waals surface area (Å²) >= 11 is 0. The van der Waals surface area contributed by atoms with E-state index in [0.717, 1.165) is 12.2 Å². The minimum atomic E-state index is -2.87. The molecule has 0 bridgehead atoms. The number of aliphatic hydroxyl groups excluding tert-OH is 3. The maximum absolute atomic E-state index is 14.1. The van der Waals surface area contributed by atoms with Crippen LogP contribution in [0.1, 0.15) is 62.0 Å². The van der Waals surface area contributed by atoms with Gasteiger partial charge in [0.05, 0.1) is 23.7 Å². The largest absolute Gasteiger partial charge is 0.507 e. The number of ketones is 2. The first-order valence-corrected chi connectivity index (χ1v) is 12.8. The first-order valence-electron chi connectivity index (χ1n) is 12.8. The molecule has 10 atom stereocenters. The first kappa shape index (κ1) is 28.9. The van der Waals surface area contributed by atoms with Gasteiger partial charge in [0.1, 0.15) is 17.8 Å². The number of nitrogens with two attached hydrogens (primary N) is 1. The number of aliphatic hydroxyl groups is 4. The molecule has 39 heavy (non-hydrogen) atoms. The van der Waals surface area contributed by atoms with E-state index in [9.17, 15) is 44.7 Å². The minimum absolute atomic E-state index is 0.0141. The highest BCUT2D eigenvalue weighted by atomic mass is 16.4. The molecule has 3 aliphatic rings. The van der Waals surface area contributed by atoms with Crippen LogP contribution in [0, 0.1) is 34.5 Å². The molecule has 0 spiro atoms. The molecule has 0 saturated heterocycles. The van der Waals surface area contributed by atoms with Crippen LogP contribution in [-0.2, 0) is 14.4 Å². The van der Waals surface area contributed by atoms with Crippen LogP contribution in [0.4, 0.5) is 0 Å². The second kappa shape index (κ2) is 8.95. The fourth-order valence-electron chi connectivity index (χ4n) is 8.07. The molecule has 1 aromatic rings. The Hall–Kier alpha value is -3.12. The molecule has 0 aliphatic heterocycles. The summed E-state index contributed by atoms with van der Waals surface area (Å²) in [4.78, 5) is 51.1. The summed E-state index contributed by atoms with van der Waals surface area (Å²) in [5.74, 6) is -11.1. The molecule has 0 heterocycles. The van der Waals surface area contributed by atoms with Crippen LogP contribution in [0.25, 0.3) is 6.08 Å². The van der Waals surface area contributed by atoms with E-state index in [2.05, 4.69) is 0 Å². The highest BCUT2D eigenvalue weighted by Gasteiger charge is 2.80. The van der Waals surface area contributed by atoms with Gasteiger partial charge < -0.3 is 36.4 Å². The number of hydrogen-bond acceptors (Lipinski definition) is 9. The van der Waals surface area contributed by atoms with Crippen molar-refractivity contribution in [1.29, 1.82) is 0 Å². The van der Waals surface area contributed by atoms with Gasteiger partial charge in [0.15, 0.2) is 17.2 Å². The van der Waals surface area contributed by atoms with Crippen molar-refractivity contribution in [1.82, 2.24) is 0 Å². The topological polar surface area (TPSA) is 216 Å². The van der Waals surface area contributed by atoms with E-state index in [4.69, 9.17) is 10.8 Å². The summed E-state index contributed by atoms with van der Waals surface area (Å²) in [5.41, 5.74) is -0.750. The fourth-order valence-corrected chi connectivity index (χ4v) is 8.07. The van der Waals surface area contributed by atoms with Crippen molar-refractivity contribution >= 4 is 29.5 Å². The van der Waals surface area contributed by atoms with E-state index in [1.54, 1.807) is 27.7 Å². The number of carboxylic acid groups (broad SMARTS) is 1. The average molecular weight is 546 g/mol. The number of amides is 1. The minimum Gasteiger partial charge on any atom is -0.507 e. The molecule has 11 nitrogen and oxygen atoms in total. The van der Waals surface area contributed by atoms with Gasteiger partial charge in [0, 0.05) is 22.5 Å². The molecule has 1 amide bonds. The Bertz CT molecular complexity index is 1310. The zero-order valence-electron chi connectivity index (χ0n) is 22.3. The van der Waals surface area contributed by atoms with Crippen LogP contribution in [0.15, 0.2) is 18.2 Å². The summed E-state index contributed by atoms with van der Waals surface area (Å²) in [7, 11) is 0. The number of rotatable bonds is 4. The third-order valence-electron chi connectivity index (χ3n) is 10.1. The number of carbonyl (C=O) groups excluding carboxylic acids is 3. The van der Waals surface area contributed by atoms with Gasteiger partial charge in [-0.1, -0.05) is 46.8 Å². The monoisotopic (exact) mass is 545 g/mol. The number of carboxylic acids is 1. The average Bonchev–Trinajstić information content (AvgIpc) is 2.83. The Morgan fingerprint density at radius 3 is 2.21 bits per heavy atom. The molecule has 1 aromatic carbocycles. The van der Waals surface area contributed by atoms with Crippen LogP contribution < -0.4 is 5.73 Å². The molecule has 2 saturated carbocycles. The predicted molar refractivity (Wildman–Crippen MR) is 136 cm³/mol. The second-order valence-electron chi connectivity index (χ2n) is 12.0. The number of fused-ring (bicyclic) bond motifs is 3. The number of phenols is 1. The van der Waals surface area contributed by atoms with E-state index < -0.39 is 93.5 Å². The van der Waals surface area contributed by atoms with E-state index in [1.807, 2.05) is 0 Å². The van der Waals surface area contributed by atoms with Gasteiger partial charge >= 0.3 is 5.97 Å². The van der Waals surface area contributed by atoms with Gasteiger partial charge in [0.2, 0.25) is 5.91 Å². The van der Waals surface area contributed by atoms with Crippen LogP contribution in [0.2, 0.25) is 0 Å². The van der Waals surface area contributed by atoms with Gasteiger partial charge in [-0.15, -0.1) is 0 Å². The highest BCUT2D eigenvalue weighted by Crippen LogP contribution is 2.68. The van der Waals surface area contributed by atoms with Crippen molar-refractivity contribution in [2.24, 2.45) is 40.2 Å². The first-order chi connectivity index (χ1) is 17.9. The number of carbonyl (C=O) groups is 4. The summed E-state index contributed by atoms with van der Waals surface area (Å²) < 4.78 is 0. The molecule has 212 valence electrons. The van der Waals surface area contributed by atoms with Crippen molar-refractivity contribution in [2.75, 3.05) is 0 Å². The van der Waals surface area contributed by atoms with E-state index in [-0.39, 0.29) is 11.1 Å². The molecule has 4 rings (SSSR count). The number of benzene rings is 1. The lowest BCUT2D eigenvalue weighted by Gasteiger charge is -2.69. The van der Waals surface area contributed by atoms with Crippen LogP contribution in [-0.4, -0.2) is 78.0 Å². The van der Waals surface area contributed by atoms with Crippen LogP contribution in [0.3, 0.4) is 0 Å². The van der Waals surface area contributed by atoms with Gasteiger partial charge in [0.25, 0.3) is 0 Å². The molecule has 0 radical (unpaired) electrons. The smallest absolute Gasteiger partial charge is 0.328 e. The Morgan fingerprint density at radius 1 is 1.10 bits per heavy atom. The van der Waals surface area contributed by atoms with Crippen molar-refractivity contribution in [2.45, 2.75) is 64.4 Å². The van der Waals surface area contributed by atoms with E-state index in [0.29, 0.717) is 5.56 Å². The van der Waals surface area contributed by atoms with E-state index >= 15 is 0 Å². The molecule has 0 aromatic heterocycles. The van der Waals surface area contributed by atoms with Crippen molar-refractivity contribution in [3.05, 3.63) is 34.9 Å². The molecule has 3 aliphatic carbocycles. The molecule has 2 fully saturated rings. The summed E-state index contributed by atoms with van der Waals surface area (Å²) in [5, 5.41) is 67.2. The quantitative estimate of drug-likeness (QED) is 0.201. The Morgan fingerprint density at radius 2 is 1.69 bits per heavy atom. The van der Waals surface area contributed by atoms with Crippen LogP contribution >= 0.6 is 0 Å². The Balaban J connectivity index is 2.02. The lowest BCUT2D eigenvalue weighted by molar-refractivity contribution is -0.306. The van der Waals surface area contributed by atoms with Crippen molar-refractivity contribution in [3.63, 3.8) is 0 Å². The number of aliphatic carboxylic acids is 1. The molecule has 11 heteroatoms. The van der Waals surface area contributed by atoms with Crippen molar-refractivity contribution in [3.8, 4) is 5.75 Å². The van der Waals surface area contributed by atoms with Gasteiger partial charge in [-0.05, 0) is 29.4 Å². The third-order valence-corrected chi connectivity index (χ3v) is 10.1. The fraction of sp³-hybridized carbons (Fsp3) is 0.571. The second-order valence-corrected chi connectivity index (χ2v) is 12.0. The molecular weight excluding hydrogens is 510 g/mol. The maximum atomic E-state index is 14.1. The summed E-state index contributed by atoms with van der Waals surface area (Å²) in [6, 6.07) is 2.94. The van der Waals surface area contributed by atoms with Crippen molar-refractivity contribution < 1.29 is 49.8 Å². The Kier molecular flexibility index (Phi) is 6.63. The van der Waals surface area contributed by atoms with E-state index in [1.165, 1.54) is 19.1 Å². The molecular formula is C28H35NO10. The SMILES string of the molecule is CC(C)[C@H]1C(O)[C@@H](C(N)=O)C(=O)[C@]2(O)C(O)[C@H]3C(=O)c4c(ccc(/C=C/C(=O)O)c4O)[C@@H](C)[C@]3(C)[C@@H](O)[C@]12C. The van der Waals surface area contributed by atoms with Gasteiger partial charge in [-0.3, -0.25) is 14.4 Å². The number of hydrogen-bond donors (Lipinski definition) is 7. The summed E-state index contributed by atoms with van der Waals surface area (Å²) in [6.07, 6.45) is -3.62. The summed E-state index contributed by atoms with van der Waals surface area (Å²) in [6.45, 7) is 7.94. The van der Waals surface area contributed by atoms with Crippen LogP contribution in [0.5, 0.6) is 5.75 Å². The molecule has 2 unspecified atom stereocenters.